The van der Waals surface area contributed by atoms with Gasteiger partial charge in [0.25, 0.3) is 0 Å². The summed E-state index contributed by atoms with van der Waals surface area (Å²) in [6.07, 6.45) is 17.1. The van der Waals surface area contributed by atoms with Crippen molar-refractivity contribution in [3.05, 3.63) is 145 Å². The molecule has 0 aromatic heterocycles. The summed E-state index contributed by atoms with van der Waals surface area (Å²) >= 11 is 0. The second-order valence-electron chi connectivity index (χ2n) is 10.2. The molecule has 0 saturated carbocycles. The minimum absolute atomic E-state index is 0. The maximum absolute atomic E-state index is 2.61. The van der Waals surface area contributed by atoms with Gasteiger partial charge in [-0.05, 0) is 81.7 Å². The van der Waals surface area contributed by atoms with E-state index < -0.39 is 7.92 Å². The summed E-state index contributed by atoms with van der Waals surface area (Å²) in [6.45, 7) is 0. The average molecular weight is 650 g/mol. The predicted octanol–water partition coefficient (Wildman–Crippen LogP) is 8.85. The van der Waals surface area contributed by atoms with E-state index in [9.17, 15) is 0 Å². The molecule has 0 aliphatic heterocycles. The summed E-state index contributed by atoms with van der Waals surface area (Å²) in [4.78, 5) is 0. The van der Waals surface area contributed by atoms with Crippen LogP contribution in [-0.4, -0.2) is 11.8 Å². The van der Waals surface area contributed by atoms with Crippen molar-refractivity contribution in [1.82, 2.24) is 0 Å². The molecule has 0 N–H and O–H groups in total. The topological polar surface area (TPSA) is 0 Å². The van der Waals surface area contributed by atoms with Gasteiger partial charge in [0.05, 0.1) is 0 Å². The Bertz CT molecular complexity index is 1220. The molecule has 0 fully saturated rings. The summed E-state index contributed by atoms with van der Waals surface area (Å²) in [5, 5.41) is 6.03. The molecule has 4 aromatic carbocycles. The molecule has 1 radical (unpaired) electrons. The van der Waals surface area contributed by atoms with Gasteiger partial charge in [0.15, 0.2) is 0 Å². The molecule has 1 aliphatic rings. The van der Waals surface area contributed by atoms with Crippen LogP contribution in [0.15, 0.2) is 145 Å². The van der Waals surface area contributed by atoms with E-state index in [1.807, 2.05) is 0 Å². The molecule has 4 aromatic rings. The van der Waals surface area contributed by atoms with Crippen LogP contribution in [0, 0.1) is 0 Å². The van der Waals surface area contributed by atoms with E-state index in [2.05, 4.69) is 140 Å². The fourth-order valence-corrected chi connectivity index (χ4v) is 11.1. The second-order valence-corrected chi connectivity index (χ2v) is 15.0. The molecule has 1 atom stereocenters. The molecule has 0 bridgehead atoms. The molecule has 1 unspecified atom stereocenters. The number of unbranched alkanes of at least 4 members (excludes halogenated alkanes) is 1. The van der Waals surface area contributed by atoms with Gasteiger partial charge >= 0.3 is 0 Å². The van der Waals surface area contributed by atoms with E-state index in [4.69, 9.17) is 0 Å². The molecular weight excluding hydrogens is 609 g/mol. The van der Waals surface area contributed by atoms with Gasteiger partial charge in [0.2, 0.25) is 0 Å². The molecule has 0 heterocycles. The summed E-state index contributed by atoms with van der Waals surface area (Å²) in [7, 11) is -0.790. The number of hydrogen-bond acceptors (Lipinski definition) is 0. The second kappa shape index (κ2) is 17.0. The van der Waals surface area contributed by atoms with Crippen LogP contribution in [0.5, 0.6) is 0 Å². The normalized spacial score (nSPS) is 14.2. The van der Waals surface area contributed by atoms with Crippen molar-refractivity contribution in [1.29, 1.82) is 0 Å². The van der Waals surface area contributed by atoms with Crippen molar-refractivity contribution in [3.8, 4) is 0 Å². The van der Waals surface area contributed by atoms with Crippen LogP contribution in [0.2, 0.25) is 0 Å². The molecule has 40 heavy (non-hydrogen) atoms. The molecule has 0 nitrogen and oxygen atoms in total. The largest absolute Gasteiger partial charge is 0.0882 e. The average Bonchev–Trinajstić information content (AvgIpc) is 2.98. The van der Waals surface area contributed by atoms with Crippen LogP contribution >= 0.6 is 15.8 Å². The first kappa shape index (κ1) is 30.8. The van der Waals surface area contributed by atoms with Crippen molar-refractivity contribution in [2.75, 3.05) is 6.16 Å². The Balaban J connectivity index is 0.00000370. The Morgan fingerprint density at radius 3 is 1.52 bits per heavy atom. The van der Waals surface area contributed by atoms with Gasteiger partial charge in [0, 0.05) is 25.1 Å². The first-order valence-corrected chi connectivity index (χ1v) is 17.4. The fourth-order valence-electron chi connectivity index (χ4n) is 5.65. The summed E-state index contributed by atoms with van der Waals surface area (Å²) in [6, 6.07) is 45.1. The van der Waals surface area contributed by atoms with Crippen molar-refractivity contribution in [2.24, 2.45) is 0 Å². The van der Waals surface area contributed by atoms with E-state index >= 15 is 0 Å². The third-order valence-electron chi connectivity index (χ3n) is 7.56. The van der Waals surface area contributed by atoms with E-state index in [0.29, 0.717) is 5.66 Å². The molecule has 0 spiro atoms. The predicted molar refractivity (Wildman–Crippen MR) is 176 cm³/mol. The number of rotatable bonds is 11. The molecule has 1 aliphatic carbocycles. The van der Waals surface area contributed by atoms with Gasteiger partial charge in [-0.1, -0.05) is 152 Å². The van der Waals surface area contributed by atoms with Crippen molar-refractivity contribution < 1.29 is 19.5 Å². The van der Waals surface area contributed by atoms with Crippen LogP contribution < -0.4 is 21.2 Å². The van der Waals surface area contributed by atoms with Gasteiger partial charge in [-0.3, -0.25) is 0 Å². The van der Waals surface area contributed by atoms with E-state index in [0.717, 1.165) is 0 Å². The zero-order chi connectivity index (χ0) is 26.5. The van der Waals surface area contributed by atoms with E-state index in [1.54, 1.807) is 5.57 Å². The van der Waals surface area contributed by atoms with Crippen LogP contribution in [0.3, 0.4) is 0 Å². The Kier molecular flexibility index (Phi) is 13.0. The fraction of sp³-hybridized carbons (Fsp3) is 0.243. The zero-order valence-electron chi connectivity index (χ0n) is 23.2. The van der Waals surface area contributed by atoms with Gasteiger partial charge in [0.1, 0.15) is 0 Å². The van der Waals surface area contributed by atoms with Gasteiger partial charge < -0.3 is 0 Å². The molecule has 0 saturated heterocycles. The summed E-state index contributed by atoms with van der Waals surface area (Å²) < 4.78 is 0. The van der Waals surface area contributed by atoms with Gasteiger partial charge in [-0.15, -0.1) is 0 Å². The molecule has 5 rings (SSSR count). The number of allylic oxidation sites excluding steroid dienone is 4. The van der Waals surface area contributed by atoms with Crippen molar-refractivity contribution in [2.45, 2.75) is 50.6 Å². The van der Waals surface area contributed by atoms with E-state index in [-0.39, 0.29) is 27.4 Å². The Hall–Kier alpha value is -2.16. The van der Waals surface area contributed by atoms with Crippen molar-refractivity contribution in [3.63, 3.8) is 0 Å². The van der Waals surface area contributed by atoms with Crippen LogP contribution in [0.1, 0.15) is 44.9 Å². The summed E-state index contributed by atoms with van der Waals surface area (Å²) in [5.74, 6) is 0. The first-order valence-electron chi connectivity index (χ1n) is 14.5. The number of benzene rings is 4. The quantitative estimate of drug-likeness (QED) is 0.0660. The van der Waals surface area contributed by atoms with Gasteiger partial charge in [-0.2, -0.15) is 0 Å². The third-order valence-corrected chi connectivity index (χ3v) is 13.1. The van der Waals surface area contributed by atoms with E-state index in [1.165, 1.54) is 72.3 Å². The monoisotopic (exact) mass is 649 g/mol. The molecular formula is C37H40P2Rh. The first-order chi connectivity index (χ1) is 19.4. The maximum atomic E-state index is 2.61. The zero-order valence-corrected chi connectivity index (χ0v) is 26.7. The van der Waals surface area contributed by atoms with Crippen LogP contribution in [0.4, 0.5) is 0 Å². The maximum Gasteiger partial charge on any atom is 0.00809 e. The summed E-state index contributed by atoms with van der Waals surface area (Å²) in [5.41, 5.74) is 2.29. The van der Waals surface area contributed by atoms with Crippen LogP contribution in [-0.2, 0) is 19.5 Å². The van der Waals surface area contributed by atoms with Crippen molar-refractivity contribution >= 4 is 37.1 Å². The Morgan fingerprint density at radius 1 is 0.525 bits per heavy atom. The molecule has 3 heteroatoms. The van der Waals surface area contributed by atoms with Crippen LogP contribution in [0.25, 0.3) is 0 Å². The Morgan fingerprint density at radius 2 is 1.00 bits per heavy atom. The molecule has 207 valence electrons. The Labute approximate surface area is 257 Å². The molecule has 0 amide bonds. The third kappa shape index (κ3) is 8.67. The smallest absolute Gasteiger partial charge is 0.00809 e. The van der Waals surface area contributed by atoms with Gasteiger partial charge in [-0.25, -0.2) is 0 Å². The SMILES string of the molecule is C1=CCCC(C(CCCCP(c2ccccc2)c2ccccc2)P(c2ccccc2)c2ccccc2)=CCC1.[Rh]. The number of hydrogen-bond donors (Lipinski definition) is 0. The standard InChI is InChI=1S/C37H40P2.Rh/c1-2-8-20-32(21-9-3-1)37(39(35-26-14-6-15-27-35)36-28-16-7-17-29-36)30-18-19-31-38(33-22-10-4-11-23-33)34-24-12-5-13-25-34;/h1-2,4-7,10-17,21-29,37H,3,8-9,18-20,30-31H2;. The minimum atomic E-state index is -0.464. The minimum Gasteiger partial charge on any atom is -0.0882 e.